The van der Waals surface area contributed by atoms with Crippen molar-refractivity contribution in [3.8, 4) is 6.07 Å². The fraction of sp³-hybridized carbons (Fsp3) is 0.227. The Hall–Kier alpha value is -3.21. The van der Waals surface area contributed by atoms with Crippen LogP contribution in [0.4, 0.5) is 10.9 Å². The van der Waals surface area contributed by atoms with Crippen LogP contribution in [0, 0.1) is 11.3 Å². The third-order valence-corrected chi connectivity index (χ3v) is 6.09. The van der Waals surface area contributed by atoms with E-state index < -0.39 is 0 Å². The van der Waals surface area contributed by atoms with Crippen LogP contribution in [0.2, 0.25) is 0 Å². The number of para-hydroxylation sites is 1. The summed E-state index contributed by atoms with van der Waals surface area (Å²) in [4.78, 5) is 15.1. The number of nitriles is 1. The van der Waals surface area contributed by atoms with E-state index in [0.717, 1.165) is 30.3 Å². The first kappa shape index (κ1) is 17.9. The van der Waals surface area contributed by atoms with Gasteiger partial charge in [0.2, 0.25) is 0 Å². The van der Waals surface area contributed by atoms with Gasteiger partial charge in [-0.15, -0.1) is 11.3 Å². The molecule has 0 aliphatic carbocycles. The van der Waals surface area contributed by atoms with Crippen LogP contribution in [0.15, 0.2) is 54.0 Å². The predicted octanol–water partition coefficient (Wildman–Crippen LogP) is 4.97. The molecule has 5 rings (SSSR count). The summed E-state index contributed by atoms with van der Waals surface area (Å²) in [6.07, 6.45) is 3.93. The lowest BCUT2D eigenvalue weighted by Gasteiger charge is -2.22. The summed E-state index contributed by atoms with van der Waals surface area (Å²) in [6, 6.07) is 16.5. The molecule has 1 aliphatic heterocycles. The highest BCUT2D eigenvalue weighted by Gasteiger charge is 2.28. The van der Waals surface area contributed by atoms with E-state index in [1.807, 2.05) is 0 Å². The minimum Gasteiger partial charge on any atom is -0.357 e. The number of anilines is 2. The Labute approximate surface area is 172 Å². The second-order valence-corrected chi connectivity index (χ2v) is 8.11. The Bertz CT molecular complexity index is 1150. The first-order chi connectivity index (χ1) is 14.3. The summed E-state index contributed by atoms with van der Waals surface area (Å²) in [5.74, 6) is 0.645. The van der Waals surface area contributed by atoms with Gasteiger partial charge < -0.3 is 10.3 Å². The van der Waals surface area contributed by atoms with E-state index in [1.54, 1.807) is 29.7 Å². The molecular weight excluding hydrogens is 380 g/mol. The lowest BCUT2D eigenvalue weighted by Crippen LogP contribution is -2.23. The van der Waals surface area contributed by atoms with Crippen molar-refractivity contribution in [2.75, 3.05) is 11.9 Å². The minimum absolute atomic E-state index is 0.326. The van der Waals surface area contributed by atoms with Gasteiger partial charge in [-0.25, -0.2) is 9.97 Å². The van der Waals surface area contributed by atoms with E-state index in [1.165, 1.54) is 23.0 Å². The number of hydrogen-bond donors (Lipinski definition) is 2. The molecule has 4 aromatic rings. The molecule has 3 aromatic heterocycles. The standard InChI is InChI=1S/C22H20N6S/c23-12-15-7-8-24-21(10-15)27-22-26-19(14-29-22)20-6-3-9-28(20)13-17-11-16-4-1-2-5-18(16)25-17/h1-2,4-5,7-8,10-11,14,20,25H,3,6,9,13H2,(H,24,26,27)/t20-/m0/s1. The second kappa shape index (κ2) is 7.66. The molecule has 0 amide bonds. The minimum atomic E-state index is 0.326. The maximum absolute atomic E-state index is 9.05. The van der Waals surface area contributed by atoms with Gasteiger partial charge in [-0.1, -0.05) is 18.2 Å². The second-order valence-electron chi connectivity index (χ2n) is 7.25. The van der Waals surface area contributed by atoms with E-state index >= 15 is 0 Å². The topological polar surface area (TPSA) is 80.6 Å². The summed E-state index contributed by atoms with van der Waals surface area (Å²) in [5.41, 5.74) is 4.11. The molecule has 1 aromatic carbocycles. The molecule has 144 valence electrons. The molecule has 0 bridgehead atoms. The zero-order valence-electron chi connectivity index (χ0n) is 15.8. The van der Waals surface area contributed by atoms with Crippen LogP contribution in [-0.4, -0.2) is 26.4 Å². The van der Waals surface area contributed by atoms with Gasteiger partial charge in [-0.05, 0) is 49.0 Å². The van der Waals surface area contributed by atoms with Gasteiger partial charge in [0.1, 0.15) is 5.82 Å². The summed E-state index contributed by atoms with van der Waals surface area (Å²) in [5, 5.41) is 16.5. The zero-order valence-corrected chi connectivity index (χ0v) is 16.6. The van der Waals surface area contributed by atoms with Crippen molar-refractivity contribution in [3.63, 3.8) is 0 Å². The summed E-state index contributed by atoms with van der Waals surface area (Å²) in [7, 11) is 0. The average molecular weight is 401 g/mol. The molecule has 29 heavy (non-hydrogen) atoms. The quantitative estimate of drug-likeness (QED) is 0.494. The normalized spacial score (nSPS) is 16.9. The van der Waals surface area contributed by atoms with Crippen LogP contribution in [0.5, 0.6) is 0 Å². The summed E-state index contributed by atoms with van der Waals surface area (Å²) >= 11 is 1.58. The Morgan fingerprint density at radius 1 is 1.28 bits per heavy atom. The number of hydrogen-bond acceptors (Lipinski definition) is 6. The number of fused-ring (bicyclic) bond motifs is 1. The lowest BCUT2D eigenvalue weighted by molar-refractivity contribution is 0.243. The largest absolute Gasteiger partial charge is 0.357 e. The number of nitrogens with one attached hydrogen (secondary N) is 2. The fourth-order valence-corrected chi connectivity index (χ4v) is 4.73. The Balaban J connectivity index is 1.31. The average Bonchev–Trinajstić information content (AvgIpc) is 3.47. The van der Waals surface area contributed by atoms with Gasteiger partial charge in [0, 0.05) is 29.3 Å². The fourth-order valence-electron chi connectivity index (χ4n) is 3.96. The highest BCUT2D eigenvalue weighted by molar-refractivity contribution is 7.13. The molecular formula is C22H20N6S. The van der Waals surface area contributed by atoms with E-state index in [-0.39, 0.29) is 0 Å². The van der Waals surface area contributed by atoms with E-state index in [2.05, 4.69) is 62.0 Å². The molecule has 1 aliphatic rings. The first-order valence-corrected chi connectivity index (χ1v) is 10.6. The van der Waals surface area contributed by atoms with Crippen LogP contribution >= 0.6 is 11.3 Å². The van der Waals surface area contributed by atoms with Crippen LogP contribution < -0.4 is 5.32 Å². The van der Waals surface area contributed by atoms with Crippen LogP contribution in [0.25, 0.3) is 10.9 Å². The third kappa shape index (κ3) is 3.73. The lowest BCUT2D eigenvalue weighted by atomic mass is 10.1. The predicted molar refractivity (Wildman–Crippen MR) is 115 cm³/mol. The van der Waals surface area contributed by atoms with Gasteiger partial charge in [0.05, 0.1) is 23.4 Å². The molecule has 1 atom stereocenters. The van der Waals surface area contributed by atoms with Crippen molar-refractivity contribution in [2.45, 2.75) is 25.4 Å². The van der Waals surface area contributed by atoms with Crippen molar-refractivity contribution < 1.29 is 0 Å². The number of H-pyrrole nitrogens is 1. The van der Waals surface area contributed by atoms with Crippen molar-refractivity contribution in [1.82, 2.24) is 19.9 Å². The molecule has 2 N–H and O–H groups in total. The summed E-state index contributed by atoms with van der Waals surface area (Å²) in [6.45, 7) is 1.97. The number of aromatic amines is 1. The van der Waals surface area contributed by atoms with Gasteiger partial charge in [-0.2, -0.15) is 5.26 Å². The molecule has 4 heterocycles. The highest BCUT2D eigenvalue weighted by Crippen LogP contribution is 2.35. The maximum Gasteiger partial charge on any atom is 0.188 e. The van der Waals surface area contributed by atoms with E-state index in [4.69, 9.17) is 10.2 Å². The highest BCUT2D eigenvalue weighted by atomic mass is 32.1. The van der Waals surface area contributed by atoms with Crippen LogP contribution in [0.3, 0.4) is 0 Å². The van der Waals surface area contributed by atoms with Gasteiger partial charge in [0.15, 0.2) is 5.13 Å². The Morgan fingerprint density at radius 2 is 2.21 bits per heavy atom. The van der Waals surface area contributed by atoms with Crippen LogP contribution in [0.1, 0.15) is 35.8 Å². The van der Waals surface area contributed by atoms with Crippen molar-refractivity contribution >= 4 is 33.2 Å². The molecule has 0 unspecified atom stereocenters. The first-order valence-electron chi connectivity index (χ1n) is 9.68. The van der Waals surface area contributed by atoms with Crippen LogP contribution in [-0.2, 0) is 6.54 Å². The number of thiazole rings is 1. The molecule has 6 nitrogen and oxygen atoms in total. The maximum atomic E-state index is 9.05. The Morgan fingerprint density at radius 3 is 3.10 bits per heavy atom. The van der Waals surface area contributed by atoms with E-state index in [9.17, 15) is 0 Å². The number of aromatic nitrogens is 3. The number of nitrogens with zero attached hydrogens (tertiary/aromatic N) is 4. The van der Waals surface area contributed by atoms with Crippen molar-refractivity contribution in [1.29, 1.82) is 5.26 Å². The SMILES string of the molecule is N#Cc1ccnc(Nc2nc([C@@H]3CCCN3Cc3cc4ccccc4[nH]3)cs2)c1. The number of rotatable bonds is 5. The molecule has 0 saturated carbocycles. The molecule has 0 radical (unpaired) electrons. The summed E-state index contributed by atoms with van der Waals surface area (Å²) < 4.78 is 0. The van der Waals surface area contributed by atoms with Gasteiger partial charge in [0.25, 0.3) is 0 Å². The monoisotopic (exact) mass is 400 g/mol. The Kier molecular flexibility index (Phi) is 4.72. The number of pyridine rings is 1. The molecule has 0 spiro atoms. The smallest absolute Gasteiger partial charge is 0.188 e. The zero-order chi connectivity index (χ0) is 19.6. The number of benzene rings is 1. The van der Waals surface area contributed by atoms with Crippen molar-refractivity contribution in [2.24, 2.45) is 0 Å². The molecule has 7 heteroatoms. The third-order valence-electron chi connectivity index (χ3n) is 5.31. The van der Waals surface area contributed by atoms with Crippen molar-refractivity contribution in [3.05, 3.63) is 71.0 Å². The van der Waals surface area contributed by atoms with Gasteiger partial charge >= 0.3 is 0 Å². The number of likely N-dealkylation sites (tertiary alicyclic amines) is 1. The molecule has 1 saturated heterocycles. The van der Waals surface area contributed by atoms with Gasteiger partial charge in [-0.3, -0.25) is 4.90 Å². The van der Waals surface area contributed by atoms with E-state index in [0.29, 0.717) is 17.4 Å². The molecule has 1 fully saturated rings.